The molecule has 0 aliphatic carbocycles. The van der Waals surface area contributed by atoms with Gasteiger partial charge in [-0.15, -0.1) is 0 Å². The number of nitrogens with one attached hydrogen (secondary N) is 2. The molecule has 1 amide bonds. The average Bonchev–Trinajstić information content (AvgIpc) is 2.56. The Balaban J connectivity index is 1.61. The van der Waals surface area contributed by atoms with E-state index in [4.69, 9.17) is 0 Å². The fourth-order valence-corrected chi connectivity index (χ4v) is 2.78. The summed E-state index contributed by atoms with van der Waals surface area (Å²) < 4.78 is 0. The van der Waals surface area contributed by atoms with Crippen LogP contribution in [0.25, 0.3) is 0 Å². The summed E-state index contributed by atoms with van der Waals surface area (Å²) in [5, 5.41) is 6.32. The fourth-order valence-electron chi connectivity index (χ4n) is 2.78. The maximum atomic E-state index is 12.4. The zero-order valence-corrected chi connectivity index (χ0v) is 12.9. The van der Waals surface area contributed by atoms with Crippen molar-refractivity contribution in [1.29, 1.82) is 0 Å². The minimum absolute atomic E-state index is 0.0154. The number of benzene rings is 1. The number of aromatic nitrogens is 1. The monoisotopic (exact) mass is 295 g/mol. The number of hydrogen-bond donors (Lipinski definition) is 2. The first kappa shape index (κ1) is 14.7. The Kier molecular flexibility index (Phi) is 4.49. The number of pyridine rings is 1. The van der Waals surface area contributed by atoms with Crippen molar-refractivity contribution in [2.24, 2.45) is 0 Å². The van der Waals surface area contributed by atoms with Gasteiger partial charge in [0.25, 0.3) is 5.91 Å². The van der Waals surface area contributed by atoms with Gasteiger partial charge in [0.2, 0.25) is 0 Å². The van der Waals surface area contributed by atoms with Crippen LogP contribution < -0.4 is 10.6 Å². The maximum Gasteiger partial charge on any atom is 0.253 e. The van der Waals surface area contributed by atoms with Gasteiger partial charge < -0.3 is 10.6 Å². The second kappa shape index (κ2) is 6.71. The van der Waals surface area contributed by atoms with Crippen LogP contribution in [-0.4, -0.2) is 24.0 Å². The predicted octanol–water partition coefficient (Wildman–Crippen LogP) is 2.01. The van der Waals surface area contributed by atoms with Gasteiger partial charge in [0.15, 0.2) is 0 Å². The first-order valence-corrected chi connectivity index (χ1v) is 7.74. The molecule has 0 unspecified atom stereocenters. The zero-order chi connectivity index (χ0) is 15.4. The summed E-state index contributed by atoms with van der Waals surface area (Å²) in [6.45, 7) is 4.43. The molecular weight excluding hydrogens is 274 g/mol. The highest BCUT2D eigenvalue weighted by Gasteiger charge is 2.17. The lowest BCUT2D eigenvalue weighted by Crippen LogP contribution is -2.30. The Morgan fingerprint density at radius 1 is 1.27 bits per heavy atom. The smallest absolute Gasteiger partial charge is 0.253 e. The molecule has 0 radical (unpaired) electrons. The maximum absolute atomic E-state index is 12.4. The Bertz CT molecular complexity index is 665. The summed E-state index contributed by atoms with van der Waals surface area (Å²) >= 11 is 0. The number of aryl methyl sites for hydroxylation is 1. The van der Waals surface area contributed by atoms with Crippen molar-refractivity contribution in [1.82, 2.24) is 15.6 Å². The largest absolute Gasteiger partial charge is 0.352 e. The Morgan fingerprint density at radius 2 is 2.09 bits per heavy atom. The Labute approximate surface area is 131 Å². The SMILES string of the molecule is Cc1ccc(CCNC(=O)c2cncc3c2CCNC3)cc1. The van der Waals surface area contributed by atoms with Crippen LogP contribution in [0.2, 0.25) is 0 Å². The number of amides is 1. The number of fused-ring (bicyclic) bond motifs is 1. The molecule has 1 aliphatic heterocycles. The highest BCUT2D eigenvalue weighted by molar-refractivity contribution is 5.95. The van der Waals surface area contributed by atoms with Gasteiger partial charge in [-0.2, -0.15) is 0 Å². The molecule has 4 nitrogen and oxygen atoms in total. The van der Waals surface area contributed by atoms with Crippen LogP contribution in [0.4, 0.5) is 0 Å². The molecule has 2 heterocycles. The van der Waals surface area contributed by atoms with Crippen molar-refractivity contribution >= 4 is 5.91 Å². The summed E-state index contributed by atoms with van der Waals surface area (Å²) in [7, 11) is 0. The van der Waals surface area contributed by atoms with Gasteiger partial charge >= 0.3 is 0 Å². The molecule has 2 aromatic rings. The van der Waals surface area contributed by atoms with Crippen LogP contribution in [-0.2, 0) is 19.4 Å². The van der Waals surface area contributed by atoms with Crippen LogP contribution >= 0.6 is 0 Å². The van der Waals surface area contributed by atoms with Crippen LogP contribution in [0, 0.1) is 6.92 Å². The topological polar surface area (TPSA) is 54.0 Å². The van der Waals surface area contributed by atoms with Gasteiger partial charge in [0, 0.05) is 25.5 Å². The normalized spacial score (nSPS) is 13.5. The third-order valence-corrected chi connectivity index (χ3v) is 4.08. The number of hydrogen-bond acceptors (Lipinski definition) is 3. The summed E-state index contributed by atoms with van der Waals surface area (Å²) in [4.78, 5) is 16.6. The quantitative estimate of drug-likeness (QED) is 0.907. The third-order valence-electron chi connectivity index (χ3n) is 4.08. The molecule has 1 aromatic carbocycles. The van der Waals surface area contributed by atoms with Crippen LogP contribution in [0.15, 0.2) is 36.7 Å². The number of rotatable bonds is 4. The fraction of sp³-hybridized carbons (Fsp3) is 0.333. The number of carbonyl (C=O) groups is 1. The first-order valence-electron chi connectivity index (χ1n) is 7.74. The molecule has 114 valence electrons. The van der Waals surface area contributed by atoms with Gasteiger partial charge in [-0.25, -0.2) is 0 Å². The van der Waals surface area contributed by atoms with E-state index in [0.717, 1.165) is 42.6 Å². The average molecular weight is 295 g/mol. The molecule has 0 spiro atoms. The zero-order valence-electron chi connectivity index (χ0n) is 12.9. The highest BCUT2D eigenvalue weighted by Crippen LogP contribution is 2.17. The molecule has 1 aromatic heterocycles. The van der Waals surface area contributed by atoms with E-state index in [-0.39, 0.29) is 5.91 Å². The molecule has 22 heavy (non-hydrogen) atoms. The third kappa shape index (κ3) is 3.34. The van der Waals surface area contributed by atoms with Gasteiger partial charge in [-0.05, 0) is 43.0 Å². The number of carbonyl (C=O) groups excluding carboxylic acids is 1. The van der Waals surface area contributed by atoms with E-state index in [1.807, 2.05) is 6.20 Å². The second-order valence-corrected chi connectivity index (χ2v) is 5.74. The highest BCUT2D eigenvalue weighted by atomic mass is 16.1. The van der Waals surface area contributed by atoms with E-state index < -0.39 is 0 Å². The molecule has 0 saturated heterocycles. The lowest BCUT2D eigenvalue weighted by atomic mass is 9.98. The van der Waals surface area contributed by atoms with E-state index in [9.17, 15) is 4.79 Å². The Hall–Kier alpha value is -2.20. The molecule has 0 atom stereocenters. The predicted molar refractivity (Wildman–Crippen MR) is 86.9 cm³/mol. The van der Waals surface area contributed by atoms with E-state index >= 15 is 0 Å². The van der Waals surface area contributed by atoms with Gasteiger partial charge in [0.05, 0.1) is 5.56 Å². The molecule has 1 aliphatic rings. The summed E-state index contributed by atoms with van der Waals surface area (Å²) in [6.07, 6.45) is 5.27. The van der Waals surface area contributed by atoms with Crippen LogP contribution in [0.3, 0.4) is 0 Å². The number of nitrogens with zero attached hydrogens (tertiary/aromatic N) is 1. The van der Waals surface area contributed by atoms with Crippen molar-refractivity contribution < 1.29 is 4.79 Å². The standard InChI is InChI=1S/C18H21N3O/c1-13-2-4-14(5-3-13)6-9-21-18(22)17-12-20-11-15-10-19-8-7-16(15)17/h2-5,11-12,19H,6-10H2,1H3,(H,21,22). The minimum Gasteiger partial charge on any atom is -0.352 e. The van der Waals surface area contributed by atoms with Crippen LogP contribution in [0.1, 0.15) is 32.6 Å². The molecule has 0 bridgehead atoms. The molecule has 3 rings (SSSR count). The van der Waals surface area contributed by atoms with E-state index in [0.29, 0.717) is 6.54 Å². The lowest BCUT2D eigenvalue weighted by molar-refractivity contribution is 0.0952. The minimum atomic E-state index is -0.0154. The van der Waals surface area contributed by atoms with Crippen molar-refractivity contribution in [2.45, 2.75) is 26.3 Å². The molecule has 4 heteroatoms. The lowest BCUT2D eigenvalue weighted by Gasteiger charge is -2.19. The van der Waals surface area contributed by atoms with E-state index in [2.05, 4.69) is 46.8 Å². The summed E-state index contributed by atoms with van der Waals surface area (Å²) in [6, 6.07) is 8.42. The molecule has 2 N–H and O–H groups in total. The Morgan fingerprint density at radius 3 is 2.91 bits per heavy atom. The molecule has 0 fully saturated rings. The molecular formula is C18H21N3O. The molecule has 0 saturated carbocycles. The van der Waals surface area contributed by atoms with Gasteiger partial charge in [-0.3, -0.25) is 9.78 Å². The van der Waals surface area contributed by atoms with Crippen molar-refractivity contribution in [3.63, 3.8) is 0 Å². The van der Waals surface area contributed by atoms with Crippen LogP contribution in [0.5, 0.6) is 0 Å². The van der Waals surface area contributed by atoms with Gasteiger partial charge in [0.1, 0.15) is 0 Å². The van der Waals surface area contributed by atoms with E-state index in [1.54, 1.807) is 6.20 Å². The van der Waals surface area contributed by atoms with Crippen molar-refractivity contribution in [3.8, 4) is 0 Å². The van der Waals surface area contributed by atoms with Crippen molar-refractivity contribution in [3.05, 3.63) is 64.5 Å². The van der Waals surface area contributed by atoms with Crippen molar-refractivity contribution in [2.75, 3.05) is 13.1 Å². The second-order valence-electron chi connectivity index (χ2n) is 5.74. The first-order chi connectivity index (χ1) is 10.7. The van der Waals surface area contributed by atoms with E-state index in [1.165, 1.54) is 11.1 Å². The van der Waals surface area contributed by atoms with Gasteiger partial charge in [-0.1, -0.05) is 29.8 Å². The summed E-state index contributed by atoms with van der Waals surface area (Å²) in [5.41, 5.74) is 5.49. The summed E-state index contributed by atoms with van der Waals surface area (Å²) in [5.74, 6) is -0.0154.